The van der Waals surface area contributed by atoms with Crippen molar-refractivity contribution in [3.8, 4) is 0 Å². The zero-order chi connectivity index (χ0) is 15.5. The molecule has 21 heavy (non-hydrogen) atoms. The quantitative estimate of drug-likeness (QED) is 0.858. The Labute approximate surface area is 126 Å². The van der Waals surface area contributed by atoms with Crippen LogP contribution in [0.4, 0.5) is 0 Å². The highest BCUT2D eigenvalue weighted by Gasteiger charge is 2.40. The summed E-state index contributed by atoms with van der Waals surface area (Å²) in [6, 6.07) is 0. The summed E-state index contributed by atoms with van der Waals surface area (Å²) in [5, 5.41) is 13.7. The molecule has 1 aromatic heterocycles. The van der Waals surface area contributed by atoms with Gasteiger partial charge >= 0.3 is 5.97 Å². The maximum Gasteiger partial charge on any atom is 0.310 e. The molecule has 0 aromatic carbocycles. The third-order valence-electron chi connectivity index (χ3n) is 4.20. The minimum Gasteiger partial charge on any atom is -0.481 e. The molecule has 1 saturated carbocycles. The molecule has 2 rings (SSSR count). The van der Waals surface area contributed by atoms with Crippen LogP contribution in [0.5, 0.6) is 0 Å². The molecule has 0 aliphatic heterocycles. The van der Waals surface area contributed by atoms with Crippen molar-refractivity contribution in [1.82, 2.24) is 10.1 Å². The summed E-state index contributed by atoms with van der Waals surface area (Å²) in [5.74, 6) is 0.421. The minimum absolute atomic E-state index is 0.0912. The molecule has 1 aliphatic carbocycles. The van der Waals surface area contributed by atoms with Gasteiger partial charge in [-0.25, -0.2) is 0 Å². The SMILES string of the molecule is CC(C)(C)Cc1noc(CC2(C(=O)O)CCCCCC2)n1. The summed E-state index contributed by atoms with van der Waals surface area (Å²) in [4.78, 5) is 16.2. The highest BCUT2D eigenvalue weighted by molar-refractivity contribution is 5.74. The summed E-state index contributed by atoms with van der Waals surface area (Å²) >= 11 is 0. The van der Waals surface area contributed by atoms with Gasteiger partial charge in [-0.2, -0.15) is 4.98 Å². The van der Waals surface area contributed by atoms with Crippen molar-refractivity contribution in [3.05, 3.63) is 11.7 Å². The van der Waals surface area contributed by atoms with Crippen molar-refractivity contribution < 1.29 is 14.4 Å². The Morgan fingerprint density at radius 2 is 1.86 bits per heavy atom. The van der Waals surface area contributed by atoms with Crippen molar-refractivity contribution >= 4 is 5.97 Å². The van der Waals surface area contributed by atoms with Gasteiger partial charge in [0.25, 0.3) is 0 Å². The van der Waals surface area contributed by atoms with Crippen LogP contribution in [0.15, 0.2) is 4.52 Å². The van der Waals surface area contributed by atoms with E-state index in [-0.39, 0.29) is 5.41 Å². The van der Waals surface area contributed by atoms with Gasteiger partial charge in [-0.1, -0.05) is 51.6 Å². The second-order valence-electron chi connectivity index (χ2n) is 7.52. The van der Waals surface area contributed by atoms with Gasteiger partial charge in [0.15, 0.2) is 5.82 Å². The Bertz CT molecular complexity index is 480. The van der Waals surface area contributed by atoms with E-state index in [2.05, 4.69) is 30.9 Å². The number of nitrogens with zero attached hydrogens (tertiary/aromatic N) is 2. The Hall–Kier alpha value is -1.39. The normalized spacial score (nSPS) is 19.2. The fraction of sp³-hybridized carbons (Fsp3) is 0.812. The van der Waals surface area contributed by atoms with Crippen LogP contribution in [0.2, 0.25) is 0 Å². The van der Waals surface area contributed by atoms with Crippen molar-refractivity contribution in [2.45, 2.75) is 72.1 Å². The summed E-state index contributed by atoms with van der Waals surface area (Å²) in [6.07, 6.45) is 6.68. The lowest BCUT2D eigenvalue weighted by atomic mass is 9.77. The monoisotopic (exact) mass is 294 g/mol. The van der Waals surface area contributed by atoms with E-state index in [9.17, 15) is 9.90 Å². The number of hydrogen-bond acceptors (Lipinski definition) is 4. The highest BCUT2D eigenvalue weighted by Crippen LogP contribution is 2.38. The molecule has 118 valence electrons. The van der Waals surface area contributed by atoms with E-state index in [1.165, 1.54) is 0 Å². The number of rotatable bonds is 4. The fourth-order valence-corrected chi connectivity index (χ4v) is 3.07. The number of hydrogen-bond donors (Lipinski definition) is 1. The van der Waals surface area contributed by atoms with Gasteiger partial charge in [0.05, 0.1) is 5.41 Å². The third-order valence-corrected chi connectivity index (χ3v) is 4.20. The second-order valence-corrected chi connectivity index (χ2v) is 7.52. The molecule has 0 radical (unpaired) electrons. The first kappa shape index (κ1) is 16.0. The molecule has 0 atom stereocenters. The Morgan fingerprint density at radius 3 is 2.38 bits per heavy atom. The van der Waals surface area contributed by atoms with Gasteiger partial charge in [0.1, 0.15) is 0 Å². The van der Waals surface area contributed by atoms with Gasteiger partial charge in [0.2, 0.25) is 5.89 Å². The standard InChI is InChI=1S/C16H26N2O3/c1-15(2,3)10-12-17-13(21-18-12)11-16(14(19)20)8-6-4-5-7-9-16/h4-11H2,1-3H3,(H,19,20). The van der Waals surface area contributed by atoms with E-state index >= 15 is 0 Å². The smallest absolute Gasteiger partial charge is 0.310 e. The highest BCUT2D eigenvalue weighted by atomic mass is 16.5. The van der Waals surface area contributed by atoms with E-state index in [1.807, 2.05) is 0 Å². The summed E-state index contributed by atoms with van der Waals surface area (Å²) in [5.41, 5.74) is -0.629. The van der Waals surface area contributed by atoms with Crippen LogP contribution in [0.1, 0.15) is 71.0 Å². The van der Waals surface area contributed by atoms with Crippen LogP contribution in [-0.4, -0.2) is 21.2 Å². The van der Waals surface area contributed by atoms with E-state index in [4.69, 9.17) is 4.52 Å². The number of carbonyl (C=O) groups is 1. The lowest BCUT2D eigenvalue weighted by Gasteiger charge is -2.26. The van der Waals surface area contributed by atoms with Crippen LogP contribution in [0, 0.1) is 10.8 Å². The predicted molar refractivity (Wildman–Crippen MR) is 78.9 cm³/mol. The molecule has 0 saturated heterocycles. The Kier molecular flexibility index (Phi) is 4.69. The lowest BCUT2D eigenvalue weighted by Crippen LogP contribution is -2.33. The number of carboxylic acid groups (broad SMARTS) is 1. The Morgan fingerprint density at radius 1 is 1.24 bits per heavy atom. The van der Waals surface area contributed by atoms with Crippen LogP contribution < -0.4 is 0 Å². The molecular weight excluding hydrogens is 268 g/mol. The molecule has 0 bridgehead atoms. The van der Waals surface area contributed by atoms with Crippen molar-refractivity contribution in [2.75, 3.05) is 0 Å². The van der Waals surface area contributed by atoms with Gasteiger partial charge in [-0.15, -0.1) is 0 Å². The van der Waals surface area contributed by atoms with Gasteiger partial charge < -0.3 is 9.63 Å². The maximum atomic E-state index is 11.8. The summed E-state index contributed by atoms with van der Waals surface area (Å²) < 4.78 is 5.30. The molecule has 5 nitrogen and oxygen atoms in total. The van der Waals surface area contributed by atoms with Gasteiger partial charge in [-0.3, -0.25) is 4.79 Å². The number of aromatic nitrogens is 2. The largest absolute Gasteiger partial charge is 0.481 e. The lowest BCUT2D eigenvalue weighted by molar-refractivity contribution is -0.150. The zero-order valence-corrected chi connectivity index (χ0v) is 13.3. The van der Waals surface area contributed by atoms with Crippen LogP contribution in [0.3, 0.4) is 0 Å². The molecule has 1 heterocycles. The van der Waals surface area contributed by atoms with Crippen molar-refractivity contribution in [3.63, 3.8) is 0 Å². The van der Waals surface area contributed by atoms with E-state index in [0.29, 0.717) is 31.0 Å². The van der Waals surface area contributed by atoms with Crippen LogP contribution in [0.25, 0.3) is 0 Å². The molecule has 0 unspecified atom stereocenters. The molecule has 1 aromatic rings. The van der Waals surface area contributed by atoms with E-state index in [1.54, 1.807) is 0 Å². The van der Waals surface area contributed by atoms with Crippen LogP contribution >= 0.6 is 0 Å². The molecule has 1 fully saturated rings. The molecule has 0 amide bonds. The van der Waals surface area contributed by atoms with E-state index < -0.39 is 11.4 Å². The second kappa shape index (κ2) is 6.16. The first-order valence-corrected chi connectivity index (χ1v) is 7.86. The van der Waals surface area contributed by atoms with Crippen molar-refractivity contribution in [1.29, 1.82) is 0 Å². The van der Waals surface area contributed by atoms with Gasteiger partial charge in [0, 0.05) is 12.8 Å². The maximum absolute atomic E-state index is 11.8. The zero-order valence-electron chi connectivity index (χ0n) is 13.3. The molecule has 1 aliphatic rings. The molecule has 0 spiro atoms. The topological polar surface area (TPSA) is 76.2 Å². The predicted octanol–water partition coefficient (Wildman–Crippen LogP) is 3.63. The molecular formula is C16H26N2O3. The summed E-state index contributed by atoms with van der Waals surface area (Å²) in [7, 11) is 0. The van der Waals surface area contributed by atoms with Gasteiger partial charge in [-0.05, 0) is 18.3 Å². The fourth-order valence-electron chi connectivity index (χ4n) is 3.07. The Balaban J connectivity index is 2.12. The average Bonchev–Trinajstić information content (AvgIpc) is 2.63. The van der Waals surface area contributed by atoms with E-state index in [0.717, 1.165) is 32.1 Å². The summed E-state index contributed by atoms with van der Waals surface area (Å²) in [6.45, 7) is 6.35. The van der Waals surface area contributed by atoms with Crippen LogP contribution in [-0.2, 0) is 17.6 Å². The first-order valence-electron chi connectivity index (χ1n) is 7.86. The molecule has 1 N–H and O–H groups in total. The van der Waals surface area contributed by atoms with Crippen molar-refractivity contribution in [2.24, 2.45) is 10.8 Å². The number of carboxylic acids is 1. The average molecular weight is 294 g/mol. The molecule has 5 heteroatoms. The number of aliphatic carboxylic acids is 1. The first-order chi connectivity index (χ1) is 9.81. The third kappa shape index (κ3) is 4.29. The minimum atomic E-state index is -0.722.